The fraction of sp³-hybridized carbons (Fsp3) is 0.410. The van der Waals surface area contributed by atoms with E-state index in [-0.39, 0.29) is 38.1 Å². The highest BCUT2D eigenvalue weighted by Crippen LogP contribution is 2.50. The van der Waals surface area contributed by atoms with Gasteiger partial charge >= 0.3 is 5.69 Å². The van der Waals surface area contributed by atoms with Crippen LogP contribution in [0.4, 0.5) is 0 Å². The highest BCUT2D eigenvalue weighted by Gasteiger charge is 2.45. The van der Waals surface area contributed by atoms with Crippen LogP contribution >= 0.6 is 8.53 Å². The van der Waals surface area contributed by atoms with Crippen molar-refractivity contribution in [2.45, 2.75) is 76.6 Å². The molecule has 2 heterocycles. The number of aromatic nitrogens is 2. The quantitative estimate of drug-likeness (QED) is 0.0727. The lowest BCUT2D eigenvalue weighted by atomic mass is 9.80. The largest absolute Gasteiger partial charge is 0.497 e. The smallest absolute Gasteiger partial charge is 0.330 e. The van der Waals surface area contributed by atoms with Crippen LogP contribution in [0.2, 0.25) is 0 Å². The molecule has 0 bridgehead atoms. The van der Waals surface area contributed by atoms with E-state index in [0.717, 1.165) is 16.7 Å². The normalized spacial score (nSPS) is 19.8. The maximum absolute atomic E-state index is 13.0. The molecular weight excluding hydrogens is 683 g/mol. The van der Waals surface area contributed by atoms with E-state index in [0.29, 0.717) is 11.5 Å². The molecule has 1 aliphatic rings. The molecule has 1 N–H and O–H groups in total. The number of hydrogen-bond donors (Lipinski definition) is 1. The number of ether oxygens (including phenoxy) is 4. The highest BCUT2D eigenvalue weighted by molar-refractivity contribution is 7.44. The first-order chi connectivity index (χ1) is 25.4. The number of rotatable bonds is 17. The summed E-state index contributed by atoms with van der Waals surface area (Å²) in [6.45, 7) is 7.97. The number of benzene rings is 3. The predicted octanol–water partition coefficient (Wildman–Crippen LogP) is 6.51. The van der Waals surface area contributed by atoms with E-state index in [4.69, 9.17) is 28.0 Å². The van der Waals surface area contributed by atoms with Gasteiger partial charge < -0.3 is 28.0 Å². The summed E-state index contributed by atoms with van der Waals surface area (Å²) in [6, 6.07) is 28.2. The van der Waals surface area contributed by atoms with Crippen LogP contribution in [0.1, 0.15) is 64.8 Å². The zero-order valence-corrected chi connectivity index (χ0v) is 31.2. The van der Waals surface area contributed by atoms with Crippen molar-refractivity contribution in [3.05, 3.63) is 129 Å². The molecule has 0 saturated carbocycles. The number of nitriles is 1. The lowest BCUT2D eigenvalue weighted by molar-refractivity contribution is -0.0925. The Balaban J connectivity index is 1.63. The summed E-state index contributed by atoms with van der Waals surface area (Å²) in [7, 11) is 1.31. The summed E-state index contributed by atoms with van der Waals surface area (Å²) in [5.41, 5.74) is -0.0856. The van der Waals surface area contributed by atoms with Crippen molar-refractivity contribution in [2.75, 3.05) is 27.4 Å². The van der Waals surface area contributed by atoms with Gasteiger partial charge in [0.25, 0.3) is 14.1 Å². The molecule has 4 aromatic rings. The lowest BCUT2D eigenvalue weighted by Gasteiger charge is -2.39. The number of hydrogen-bond acceptors (Lipinski definition) is 10. The second kappa shape index (κ2) is 17.9. The number of methoxy groups -OCH3 is 2. The van der Waals surface area contributed by atoms with Crippen LogP contribution in [0.25, 0.3) is 0 Å². The molecule has 1 saturated heterocycles. The van der Waals surface area contributed by atoms with Gasteiger partial charge in [0.15, 0.2) is 0 Å². The molecule has 1 aromatic heterocycles. The maximum Gasteiger partial charge on any atom is 0.330 e. The first kappa shape index (κ1) is 37.4. The molecule has 1 aliphatic heterocycles. The Labute approximate surface area is 307 Å². The molecule has 0 spiro atoms. The van der Waals surface area contributed by atoms with Gasteiger partial charge in [-0.3, -0.25) is 14.3 Å². The molecule has 4 atom stereocenters. The minimum absolute atomic E-state index is 0.0303. The van der Waals surface area contributed by atoms with Crippen LogP contribution in [0.15, 0.2) is 101 Å². The Bertz CT molecular complexity index is 1880. The topological polar surface area (TPSA) is 137 Å². The third-order valence-electron chi connectivity index (χ3n) is 8.70. The Morgan fingerprint density at radius 2 is 1.52 bits per heavy atom. The molecule has 13 heteroatoms. The molecule has 0 radical (unpaired) electrons. The second-order valence-electron chi connectivity index (χ2n) is 12.7. The first-order valence-corrected chi connectivity index (χ1v) is 18.3. The van der Waals surface area contributed by atoms with Crippen LogP contribution in [-0.4, -0.2) is 65.9 Å². The minimum Gasteiger partial charge on any atom is -0.497 e. The van der Waals surface area contributed by atoms with Gasteiger partial charge in [0.1, 0.15) is 29.4 Å². The van der Waals surface area contributed by atoms with Gasteiger partial charge in [0, 0.05) is 30.8 Å². The van der Waals surface area contributed by atoms with Crippen molar-refractivity contribution < 1.29 is 29.4 Å². The van der Waals surface area contributed by atoms with E-state index in [1.165, 1.54) is 16.8 Å². The van der Waals surface area contributed by atoms with Gasteiger partial charge in [-0.2, -0.15) is 5.26 Å². The van der Waals surface area contributed by atoms with E-state index in [9.17, 15) is 16.2 Å². The van der Waals surface area contributed by atoms with Crippen molar-refractivity contribution in [1.82, 2.24) is 14.2 Å². The summed E-state index contributed by atoms with van der Waals surface area (Å²) in [6.07, 6.45) is -2.49. The van der Waals surface area contributed by atoms with Crippen molar-refractivity contribution in [2.24, 2.45) is 0 Å². The van der Waals surface area contributed by atoms with Crippen molar-refractivity contribution in [3.8, 4) is 17.6 Å². The lowest BCUT2D eigenvalue weighted by Crippen LogP contribution is -2.39. The van der Waals surface area contributed by atoms with Crippen molar-refractivity contribution in [3.63, 3.8) is 0 Å². The van der Waals surface area contributed by atoms with Crippen molar-refractivity contribution >= 4 is 8.53 Å². The van der Waals surface area contributed by atoms with Gasteiger partial charge in [-0.1, -0.05) is 54.6 Å². The fourth-order valence-corrected chi connectivity index (χ4v) is 8.00. The average Bonchev–Trinajstić information content (AvgIpc) is 3.47. The highest BCUT2D eigenvalue weighted by atomic mass is 31.2. The summed E-state index contributed by atoms with van der Waals surface area (Å²) in [4.78, 5) is 27.3. The van der Waals surface area contributed by atoms with E-state index in [2.05, 4.69) is 11.1 Å². The molecule has 1 fully saturated rings. The van der Waals surface area contributed by atoms with Gasteiger partial charge in [0.05, 0.1) is 47.4 Å². The van der Waals surface area contributed by atoms with E-state index in [1.54, 1.807) is 14.2 Å². The molecule has 276 valence electrons. The van der Waals surface area contributed by atoms with E-state index in [1.807, 2.05) is 111 Å². The molecule has 12 nitrogen and oxygen atoms in total. The first-order valence-electron chi connectivity index (χ1n) is 17.7. The van der Waals surface area contributed by atoms with Crippen LogP contribution in [0, 0.1) is 11.3 Å². The fourth-order valence-electron chi connectivity index (χ4n) is 6.32. The third kappa shape index (κ3) is 8.81. The Morgan fingerprint density at radius 3 is 2.04 bits per heavy atom. The summed E-state index contributed by atoms with van der Waals surface area (Å²) < 4.78 is 50.8. The predicted molar refractivity (Wildman–Crippen MR) is 198 cm³/mol. The molecule has 1 unspecified atom stereocenters. The van der Waals surface area contributed by atoms with Gasteiger partial charge in [-0.05, 0) is 68.7 Å². The van der Waals surface area contributed by atoms with Crippen LogP contribution in [0.5, 0.6) is 11.5 Å². The summed E-state index contributed by atoms with van der Waals surface area (Å²) >= 11 is 0. The van der Waals surface area contributed by atoms with E-state index >= 15 is 0 Å². The zero-order valence-electron chi connectivity index (χ0n) is 31.4. The third-order valence-corrected chi connectivity index (χ3v) is 10.8. The standard InChI is InChI=1S/C39H47N4O8P/c1-27(2)43(28(3)4)52(49-24-10-22-40)51-34-25-37(42-23-21-36(44)41-38(42)45)50-35(34)26-48-39(29-11-8-7-9-12-29,30-13-17-32(46-5)18-14-30)31-15-19-33(47-6)20-16-31/h7-9,11-21,23,27-28,34-35,37H,10,24-26H2,1-6H3,(H,41,44,45)/t34-,35+,37+,52?/m0/s1/i34D. The number of aromatic amines is 1. The molecule has 3 aromatic carbocycles. The molecule has 0 amide bonds. The van der Waals surface area contributed by atoms with Gasteiger partial charge in [0.2, 0.25) is 0 Å². The van der Waals surface area contributed by atoms with E-state index < -0.39 is 43.8 Å². The Hall–Kier alpha value is -4.34. The summed E-state index contributed by atoms with van der Waals surface area (Å²) in [5.74, 6) is 1.34. The second-order valence-corrected chi connectivity index (χ2v) is 14.1. The number of nitrogens with zero attached hydrogens (tertiary/aromatic N) is 3. The molecular formula is C39H47N4O8P. The SMILES string of the molecule is [2H][C@]1(OP(OCCC#N)N(C(C)C)C(C)C)C[C@H](n2ccc(=O)[nH]c2=O)O[C@@H]1COC(c1ccccc1)(c1ccc(OC)cc1)c1ccc(OC)cc1. The molecule has 5 rings (SSSR count). The number of H-pyrrole nitrogens is 1. The Morgan fingerprint density at radius 1 is 0.942 bits per heavy atom. The zero-order chi connectivity index (χ0) is 38.2. The molecule has 0 aliphatic carbocycles. The molecule has 52 heavy (non-hydrogen) atoms. The van der Waals surface area contributed by atoms with Crippen LogP contribution < -0.4 is 20.7 Å². The summed E-state index contributed by atoms with van der Waals surface area (Å²) in [5, 5.41) is 9.28. The Kier molecular flexibility index (Phi) is 12.9. The van der Waals surface area contributed by atoms with Crippen molar-refractivity contribution in [1.29, 1.82) is 5.26 Å². The van der Waals surface area contributed by atoms with Crippen LogP contribution in [0.3, 0.4) is 0 Å². The van der Waals surface area contributed by atoms with Gasteiger partial charge in [-0.25, -0.2) is 9.46 Å². The monoisotopic (exact) mass is 731 g/mol. The van der Waals surface area contributed by atoms with Gasteiger partial charge in [-0.15, -0.1) is 0 Å². The number of nitrogens with one attached hydrogen (secondary N) is 1. The maximum atomic E-state index is 13.0. The average molecular weight is 732 g/mol. The minimum atomic E-state index is -1.90. The van der Waals surface area contributed by atoms with Crippen LogP contribution in [-0.2, 0) is 24.1 Å².